The highest BCUT2D eigenvalue weighted by molar-refractivity contribution is 6.31. The lowest BCUT2D eigenvalue weighted by molar-refractivity contribution is 0.306. The second-order valence-corrected chi connectivity index (χ2v) is 4.64. The highest BCUT2D eigenvalue weighted by Gasteiger charge is 2.02. The maximum absolute atomic E-state index is 6.06. The summed E-state index contributed by atoms with van der Waals surface area (Å²) in [6.45, 7) is 2.43. The number of hydrogen-bond acceptors (Lipinski definition) is 2. The topological polar surface area (TPSA) is 35.2 Å². The van der Waals surface area contributed by atoms with Crippen LogP contribution in [-0.4, -0.2) is 0 Å². The van der Waals surface area contributed by atoms with Crippen LogP contribution in [0.5, 0.6) is 5.75 Å². The predicted octanol–water partition coefficient (Wildman–Crippen LogP) is 3.94. The first-order chi connectivity index (χ1) is 8.66. The largest absolute Gasteiger partial charge is 0.489 e. The standard InChI is InChI=1S/C15H16ClNO/c1-11(17)12-6-8-14(9-7-12)18-10-13-4-2-3-5-15(13)16/h2-9,11H,10,17H2,1H3/t11-/m0/s1. The Kier molecular flexibility index (Phi) is 4.24. The average molecular weight is 262 g/mol. The Labute approximate surface area is 112 Å². The molecule has 1 atom stereocenters. The number of ether oxygens (including phenoxy) is 1. The van der Waals surface area contributed by atoms with Crippen LogP contribution in [-0.2, 0) is 6.61 Å². The number of benzene rings is 2. The van der Waals surface area contributed by atoms with Crippen LogP contribution in [0.2, 0.25) is 5.02 Å². The molecule has 0 saturated heterocycles. The Morgan fingerprint density at radius 1 is 1.11 bits per heavy atom. The van der Waals surface area contributed by atoms with E-state index in [1.165, 1.54) is 0 Å². The second-order valence-electron chi connectivity index (χ2n) is 4.24. The minimum atomic E-state index is 0.0441. The summed E-state index contributed by atoms with van der Waals surface area (Å²) in [5.74, 6) is 0.819. The van der Waals surface area contributed by atoms with Crippen LogP contribution < -0.4 is 10.5 Å². The summed E-state index contributed by atoms with van der Waals surface area (Å²) < 4.78 is 5.68. The minimum Gasteiger partial charge on any atom is -0.489 e. The zero-order valence-corrected chi connectivity index (χ0v) is 11.0. The highest BCUT2D eigenvalue weighted by atomic mass is 35.5. The molecule has 0 aliphatic rings. The molecule has 0 amide bonds. The molecule has 0 saturated carbocycles. The van der Waals surface area contributed by atoms with Crippen LogP contribution in [0, 0.1) is 0 Å². The zero-order chi connectivity index (χ0) is 13.0. The van der Waals surface area contributed by atoms with Gasteiger partial charge in [-0.05, 0) is 30.7 Å². The van der Waals surface area contributed by atoms with Crippen molar-refractivity contribution in [1.29, 1.82) is 0 Å². The van der Waals surface area contributed by atoms with Crippen molar-refractivity contribution in [3.05, 3.63) is 64.7 Å². The molecule has 2 rings (SSSR count). The third-order valence-corrected chi connectivity index (χ3v) is 3.13. The van der Waals surface area contributed by atoms with Crippen molar-refractivity contribution in [1.82, 2.24) is 0 Å². The second kappa shape index (κ2) is 5.89. The zero-order valence-electron chi connectivity index (χ0n) is 10.3. The molecule has 2 nitrogen and oxygen atoms in total. The summed E-state index contributed by atoms with van der Waals surface area (Å²) in [6, 6.07) is 15.5. The first-order valence-corrected chi connectivity index (χ1v) is 6.26. The molecule has 0 aliphatic carbocycles. The first-order valence-electron chi connectivity index (χ1n) is 5.88. The molecule has 0 fully saturated rings. The van der Waals surface area contributed by atoms with E-state index in [1.54, 1.807) is 0 Å². The molecular formula is C15H16ClNO. The van der Waals surface area contributed by atoms with E-state index in [0.29, 0.717) is 6.61 Å². The lowest BCUT2D eigenvalue weighted by atomic mass is 10.1. The average Bonchev–Trinajstić information content (AvgIpc) is 2.38. The monoisotopic (exact) mass is 261 g/mol. The summed E-state index contributed by atoms with van der Waals surface area (Å²) >= 11 is 6.06. The maximum atomic E-state index is 6.06. The summed E-state index contributed by atoms with van der Waals surface area (Å²) in [7, 11) is 0. The summed E-state index contributed by atoms with van der Waals surface area (Å²) in [4.78, 5) is 0. The van der Waals surface area contributed by atoms with Crippen molar-refractivity contribution in [2.24, 2.45) is 5.73 Å². The van der Waals surface area contributed by atoms with Gasteiger partial charge in [-0.1, -0.05) is 41.9 Å². The molecule has 0 spiro atoms. The van der Waals surface area contributed by atoms with Gasteiger partial charge in [0.2, 0.25) is 0 Å². The van der Waals surface area contributed by atoms with E-state index >= 15 is 0 Å². The number of nitrogens with two attached hydrogens (primary N) is 1. The van der Waals surface area contributed by atoms with Gasteiger partial charge >= 0.3 is 0 Å². The molecule has 0 unspecified atom stereocenters. The van der Waals surface area contributed by atoms with Gasteiger partial charge in [-0.2, -0.15) is 0 Å². The van der Waals surface area contributed by atoms with Crippen LogP contribution in [0.3, 0.4) is 0 Å². The SMILES string of the molecule is C[C@H](N)c1ccc(OCc2ccccc2Cl)cc1. The quantitative estimate of drug-likeness (QED) is 0.905. The van der Waals surface area contributed by atoms with Gasteiger partial charge in [0, 0.05) is 16.6 Å². The molecular weight excluding hydrogens is 246 g/mol. The molecule has 0 aromatic heterocycles. The molecule has 0 radical (unpaired) electrons. The van der Waals surface area contributed by atoms with E-state index in [4.69, 9.17) is 22.1 Å². The smallest absolute Gasteiger partial charge is 0.119 e. The van der Waals surface area contributed by atoms with Crippen molar-refractivity contribution in [2.45, 2.75) is 19.6 Å². The van der Waals surface area contributed by atoms with Gasteiger partial charge in [0.15, 0.2) is 0 Å². The lowest BCUT2D eigenvalue weighted by Gasteiger charge is -2.09. The number of halogens is 1. The summed E-state index contributed by atoms with van der Waals surface area (Å²) in [5.41, 5.74) is 7.87. The molecule has 94 valence electrons. The Morgan fingerprint density at radius 2 is 1.78 bits per heavy atom. The number of hydrogen-bond donors (Lipinski definition) is 1. The maximum Gasteiger partial charge on any atom is 0.119 e. The van der Waals surface area contributed by atoms with Crippen LogP contribution in [0.25, 0.3) is 0 Å². The van der Waals surface area contributed by atoms with Crippen molar-refractivity contribution < 1.29 is 4.74 Å². The molecule has 18 heavy (non-hydrogen) atoms. The van der Waals surface area contributed by atoms with Crippen LogP contribution in [0.15, 0.2) is 48.5 Å². The molecule has 2 aromatic rings. The van der Waals surface area contributed by atoms with Crippen molar-refractivity contribution in [3.8, 4) is 5.75 Å². The molecule has 2 aromatic carbocycles. The minimum absolute atomic E-state index is 0.0441. The van der Waals surface area contributed by atoms with E-state index < -0.39 is 0 Å². The fourth-order valence-electron chi connectivity index (χ4n) is 1.64. The highest BCUT2D eigenvalue weighted by Crippen LogP contribution is 2.20. The third kappa shape index (κ3) is 3.25. The van der Waals surface area contributed by atoms with Gasteiger partial charge in [0.05, 0.1) is 0 Å². The van der Waals surface area contributed by atoms with Crippen molar-refractivity contribution in [3.63, 3.8) is 0 Å². The fourth-order valence-corrected chi connectivity index (χ4v) is 1.83. The molecule has 2 N–H and O–H groups in total. The van der Waals surface area contributed by atoms with Gasteiger partial charge in [-0.25, -0.2) is 0 Å². The van der Waals surface area contributed by atoms with Gasteiger partial charge < -0.3 is 10.5 Å². The van der Waals surface area contributed by atoms with E-state index in [9.17, 15) is 0 Å². The lowest BCUT2D eigenvalue weighted by Crippen LogP contribution is -2.04. The molecule has 0 aliphatic heterocycles. The van der Waals surface area contributed by atoms with Crippen molar-refractivity contribution >= 4 is 11.6 Å². The van der Waals surface area contributed by atoms with Gasteiger partial charge in [-0.3, -0.25) is 0 Å². The molecule has 0 bridgehead atoms. The first kappa shape index (κ1) is 12.9. The predicted molar refractivity (Wildman–Crippen MR) is 74.8 cm³/mol. The van der Waals surface area contributed by atoms with Crippen LogP contribution in [0.4, 0.5) is 0 Å². The van der Waals surface area contributed by atoms with E-state index in [-0.39, 0.29) is 6.04 Å². The fraction of sp³-hybridized carbons (Fsp3) is 0.200. The van der Waals surface area contributed by atoms with Crippen LogP contribution >= 0.6 is 11.6 Å². The molecule has 3 heteroatoms. The Balaban J connectivity index is 2.00. The molecule has 0 heterocycles. The Hall–Kier alpha value is -1.51. The Morgan fingerprint density at radius 3 is 2.39 bits per heavy atom. The summed E-state index contributed by atoms with van der Waals surface area (Å²) in [5, 5.41) is 0.727. The van der Waals surface area contributed by atoms with Gasteiger partial charge in [0.25, 0.3) is 0 Å². The third-order valence-electron chi connectivity index (χ3n) is 2.76. The Bertz CT molecular complexity index is 508. The number of rotatable bonds is 4. The van der Waals surface area contributed by atoms with Gasteiger partial charge in [-0.15, -0.1) is 0 Å². The normalized spacial score (nSPS) is 12.2. The van der Waals surface area contributed by atoms with E-state index in [2.05, 4.69) is 0 Å². The summed E-state index contributed by atoms with van der Waals surface area (Å²) in [6.07, 6.45) is 0. The van der Waals surface area contributed by atoms with E-state index in [0.717, 1.165) is 21.9 Å². The van der Waals surface area contributed by atoms with Gasteiger partial charge in [0.1, 0.15) is 12.4 Å². The van der Waals surface area contributed by atoms with E-state index in [1.807, 2.05) is 55.5 Å². The van der Waals surface area contributed by atoms with Crippen LogP contribution in [0.1, 0.15) is 24.1 Å². The van der Waals surface area contributed by atoms with Crippen molar-refractivity contribution in [2.75, 3.05) is 0 Å².